The van der Waals surface area contributed by atoms with E-state index in [2.05, 4.69) is 4.74 Å². The molecule has 0 bridgehead atoms. The highest BCUT2D eigenvalue weighted by atomic mass is 32.2. The van der Waals surface area contributed by atoms with Crippen molar-refractivity contribution in [2.75, 3.05) is 7.11 Å². The number of carboxylic acid groups (broad SMARTS) is 1. The SMILES string of the molecule is COC(=O)c1ccc(/C=C(/Sc2ccc([N+](=O)[O-])cc2)C(=O)[O-])cc1. The summed E-state index contributed by atoms with van der Waals surface area (Å²) in [5.41, 5.74) is 0.820. The number of rotatable bonds is 6. The lowest BCUT2D eigenvalue weighted by Gasteiger charge is -2.08. The molecule has 8 heteroatoms. The highest BCUT2D eigenvalue weighted by molar-refractivity contribution is 8.04. The predicted molar refractivity (Wildman–Crippen MR) is 89.7 cm³/mol. The summed E-state index contributed by atoms with van der Waals surface area (Å²) < 4.78 is 4.59. The number of carbonyl (C=O) groups is 2. The number of carbonyl (C=O) groups excluding carboxylic acids is 2. The van der Waals surface area contributed by atoms with Crippen molar-refractivity contribution >= 4 is 35.5 Å². The van der Waals surface area contributed by atoms with Gasteiger partial charge in [-0.05, 0) is 35.9 Å². The second kappa shape index (κ2) is 8.11. The molecule has 2 aromatic carbocycles. The van der Waals surface area contributed by atoms with Crippen molar-refractivity contribution in [1.29, 1.82) is 0 Å². The average molecular weight is 358 g/mol. The van der Waals surface area contributed by atoms with Gasteiger partial charge in [0.1, 0.15) is 0 Å². The molecule has 0 aliphatic carbocycles. The van der Waals surface area contributed by atoms with Crippen LogP contribution in [-0.4, -0.2) is 24.0 Å². The number of hydrogen-bond donors (Lipinski definition) is 0. The Balaban J connectivity index is 2.22. The predicted octanol–water partition coefficient (Wildman–Crippen LogP) is 2.26. The smallest absolute Gasteiger partial charge is 0.337 e. The first-order valence-electron chi connectivity index (χ1n) is 6.94. The van der Waals surface area contributed by atoms with Gasteiger partial charge in [0.2, 0.25) is 0 Å². The van der Waals surface area contributed by atoms with E-state index >= 15 is 0 Å². The van der Waals surface area contributed by atoms with E-state index in [0.717, 1.165) is 11.8 Å². The number of nitrogens with zero attached hydrogens (tertiary/aromatic N) is 1. The lowest BCUT2D eigenvalue weighted by Crippen LogP contribution is -2.22. The molecule has 0 aliphatic heterocycles. The molecule has 25 heavy (non-hydrogen) atoms. The summed E-state index contributed by atoms with van der Waals surface area (Å²) in [4.78, 5) is 33.2. The fourth-order valence-electron chi connectivity index (χ4n) is 1.88. The van der Waals surface area contributed by atoms with Crippen molar-refractivity contribution in [3.8, 4) is 0 Å². The van der Waals surface area contributed by atoms with Gasteiger partial charge in [-0.1, -0.05) is 23.9 Å². The van der Waals surface area contributed by atoms with Gasteiger partial charge in [0.05, 0.1) is 23.6 Å². The highest BCUT2D eigenvalue weighted by Gasteiger charge is 2.08. The molecule has 2 rings (SSSR count). The van der Waals surface area contributed by atoms with E-state index in [4.69, 9.17) is 0 Å². The normalized spacial score (nSPS) is 11.0. The van der Waals surface area contributed by atoms with Crippen LogP contribution in [0.15, 0.2) is 58.3 Å². The number of nitro benzene ring substituents is 1. The fraction of sp³-hybridized carbons (Fsp3) is 0.0588. The minimum atomic E-state index is -1.37. The lowest BCUT2D eigenvalue weighted by molar-refractivity contribution is -0.384. The average Bonchev–Trinajstić information content (AvgIpc) is 2.61. The number of carboxylic acids is 1. The minimum Gasteiger partial charge on any atom is -0.544 e. The van der Waals surface area contributed by atoms with Crippen LogP contribution < -0.4 is 5.11 Å². The van der Waals surface area contributed by atoms with Gasteiger partial charge in [0.15, 0.2) is 0 Å². The molecule has 0 unspecified atom stereocenters. The largest absolute Gasteiger partial charge is 0.544 e. The van der Waals surface area contributed by atoms with Crippen molar-refractivity contribution in [2.45, 2.75) is 4.90 Å². The number of benzene rings is 2. The summed E-state index contributed by atoms with van der Waals surface area (Å²) in [5, 5.41) is 22.0. The van der Waals surface area contributed by atoms with Crippen LogP contribution in [0.2, 0.25) is 0 Å². The number of esters is 1. The molecule has 0 aliphatic rings. The monoisotopic (exact) mass is 358 g/mol. The van der Waals surface area contributed by atoms with Crippen LogP contribution >= 0.6 is 11.8 Å². The van der Waals surface area contributed by atoms with Gasteiger partial charge in [-0.25, -0.2) is 4.79 Å². The first-order valence-corrected chi connectivity index (χ1v) is 7.76. The van der Waals surface area contributed by atoms with Gasteiger partial charge < -0.3 is 14.6 Å². The van der Waals surface area contributed by atoms with Crippen molar-refractivity contribution in [3.63, 3.8) is 0 Å². The number of non-ortho nitro benzene ring substituents is 1. The van der Waals surface area contributed by atoms with Crippen LogP contribution in [0.3, 0.4) is 0 Å². The Labute approximate surface area is 147 Å². The van der Waals surface area contributed by atoms with Gasteiger partial charge >= 0.3 is 5.97 Å². The Bertz CT molecular complexity index is 827. The number of aliphatic carboxylic acids is 1. The van der Waals surface area contributed by atoms with E-state index in [9.17, 15) is 24.8 Å². The van der Waals surface area contributed by atoms with Crippen LogP contribution in [0, 0.1) is 10.1 Å². The van der Waals surface area contributed by atoms with E-state index in [0.29, 0.717) is 16.0 Å². The first kappa shape index (κ1) is 18.2. The van der Waals surface area contributed by atoms with Gasteiger partial charge in [0.25, 0.3) is 5.69 Å². The number of thioether (sulfide) groups is 1. The number of ether oxygens (including phenoxy) is 1. The van der Waals surface area contributed by atoms with E-state index < -0.39 is 16.9 Å². The summed E-state index contributed by atoms with van der Waals surface area (Å²) in [6.45, 7) is 0. The van der Waals surface area contributed by atoms with E-state index in [-0.39, 0.29) is 10.6 Å². The molecule has 2 aromatic rings. The van der Waals surface area contributed by atoms with Crippen LogP contribution in [-0.2, 0) is 9.53 Å². The molecule has 0 aromatic heterocycles. The number of methoxy groups -OCH3 is 1. The van der Waals surface area contributed by atoms with Gasteiger partial charge in [-0.2, -0.15) is 0 Å². The van der Waals surface area contributed by atoms with E-state index in [1.54, 1.807) is 12.1 Å². The summed E-state index contributed by atoms with van der Waals surface area (Å²) >= 11 is 0.912. The summed E-state index contributed by atoms with van der Waals surface area (Å²) in [6.07, 6.45) is 1.39. The summed E-state index contributed by atoms with van der Waals surface area (Å²) in [6, 6.07) is 11.7. The Hall–Kier alpha value is -3.13. The van der Waals surface area contributed by atoms with Gasteiger partial charge in [-0.15, -0.1) is 0 Å². The molecular weight excluding hydrogens is 346 g/mol. The van der Waals surface area contributed by atoms with Gasteiger partial charge in [-0.3, -0.25) is 10.1 Å². The maximum Gasteiger partial charge on any atom is 0.337 e. The Kier molecular flexibility index (Phi) is 5.91. The zero-order chi connectivity index (χ0) is 18.4. The Morgan fingerprint density at radius 3 is 2.16 bits per heavy atom. The second-order valence-electron chi connectivity index (χ2n) is 4.76. The van der Waals surface area contributed by atoms with Crippen molar-refractivity contribution in [2.24, 2.45) is 0 Å². The molecule has 0 fully saturated rings. The van der Waals surface area contributed by atoms with Crippen LogP contribution in [0.4, 0.5) is 5.69 Å². The summed E-state index contributed by atoms with van der Waals surface area (Å²) in [7, 11) is 1.27. The topological polar surface area (TPSA) is 110 Å². The number of hydrogen-bond acceptors (Lipinski definition) is 7. The standard InChI is InChI=1S/C17H13NO6S/c1-24-17(21)12-4-2-11(3-5-12)10-15(16(19)20)25-14-8-6-13(7-9-14)18(22)23/h2-10H,1H3,(H,19,20)/p-1/b15-10+. The zero-order valence-electron chi connectivity index (χ0n) is 13.0. The maximum atomic E-state index is 11.4. The molecular formula is C17H12NO6S-. The quantitative estimate of drug-likeness (QED) is 0.256. The van der Waals surface area contributed by atoms with Crippen LogP contribution in [0.5, 0.6) is 0 Å². The van der Waals surface area contributed by atoms with Crippen LogP contribution in [0.25, 0.3) is 6.08 Å². The van der Waals surface area contributed by atoms with Crippen molar-refractivity contribution < 1.29 is 24.4 Å². The molecule has 0 N–H and O–H groups in total. The Morgan fingerprint density at radius 1 is 1.08 bits per heavy atom. The third kappa shape index (κ3) is 4.92. The molecule has 7 nitrogen and oxygen atoms in total. The van der Waals surface area contributed by atoms with E-state index in [1.165, 1.54) is 49.6 Å². The molecule has 0 heterocycles. The number of nitro groups is 1. The van der Waals surface area contributed by atoms with Crippen LogP contribution in [0.1, 0.15) is 15.9 Å². The molecule has 0 amide bonds. The molecule has 0 spiro atoms. The summed E-state index contributed by atoms with van der Waals surface area (Å²) in [5.74, 6) is -1.86. The maximum absolute atomic E-state index is 11.4. The van der Waals surface area contributed by atoms with Crippen molar-refractivity contribution in [1.82, 2.24) is 0 Å². The molecule has 0 saturated carbocycles. The second-order valence-corrected chi connectivity index (χ2v) is 5.88. The third-order valence-corrected chi connectivity index (χ3v) is 4.12. The first-order chi connectivity index (χ1) is 11.9. The lowest BCUT2D eigenvalue weighted by atomic mass is 10.1. The highest BCUT2D eigenvalue weighted by Crippen LogP contribution is 2.29. The third-order valence-electron chi connectivity index (χ3n) is 3.11. The molecule has 128 valence electrons. The minimum absolute atomic E-state index is 0.0697. The Morgan fingerprint density at radius 2 is 1.68 bits per heavy atom. The van der Waals surface area contributed by atoms with E-state index in [1.807, 2.05) is 0 Å². The van der Waals surface area contributed by atoms with Gasteiger partial charge in [0, 0.05) is 21.9 Å². The molecule has 0 saturated heterocycles. The zero-order valence-corrected chi connectivity index (χ0v) is 13.8. The fourth-order valence-corrected chi connectivity index (χ4v) is 2.68. The molecule has 0 atom stereocenters. The molecule has 0 radical (unpaired) electrons. The van der Waals surface area contributed by atoms with Crippen molar-refractivity contribution in [3.05, 3.63) is 74.7 Å².